The molecular formula is C23H24ClF2NO4. The zero-order valence-corrected chi connectivity index (χ0v) is 18.3. The average molecular weight is 452 g/mol. The van der Waals surface area contributed by atoms with E-state index in [0.29, 0.717) is 0 Å². The summed E-state index contributed by atoms with van der Waals surface area (Å²) in [6.07, 6.45) is 0. The third kappa shape index (κ3) is 6.87. The smallest absolute Gasteiger partial charge is 0.337 e. The first-order valence-corrected chi connectivity index (χ1v) is 9.92. The molecule has 0 bridgehead atoms. The molecule has 0 aliphatic heterocycles. The van der Waals surface area contributed by atoms with E-state index >= 15 is 0 Å². The number of methoxy groups -OCH3 is 1. The monoisotopic (exact) mass is 451 g/mol. The quantitative estimate of drug-likeness (QED) is 0.504. The van der Waals surface area contributed by atoms with E-state index in [-0.39, 0.29) is 35.9 Å². The summed E-state index contributed by atoms with van der Waals surface area (Å²) >= 11 is 5.77. The second-order valence-corrected chi connectivity index (χ2v) is 7.42. The maximum absolute atomic E-state index is 14.6. The summed E-state index contributed by atoms with van der Waals surface area (Å²) in [5.41, 5.74) is 1.02. The van der Waals surface area contributed by atoms with Crippen LogP contribution in [0, 0.1) is 5.82 Å². The number of ether oxygens (including phenoxy) is 2. The van der Waals surface area contributed by atoms with Crippen molar-refractivity contribution in [2.45, 2.75) is 33.0 Å². The molecule has 0 aromatic heterocycles. The summed E-state index contributed by atoms with van der Waals surface area (Å²) < 4.78 is 39.1. The molecule has 0 N–H and O–H groups in total. The molecule has 5 nitrogen and oxygen atoms in total. The first-order valence-electron chi connectivity index (χ1n) is 9.54. The van der Waals surface area contributed by atoms with Gasteiger partial charge in [0.1, 0.15) is 18.3 Å². The molecule has 0 spiro atoms. The molecule has 1 atom stereocenters. The van der Waals surface area contributed by atoms with Crippen LogP contribution in [0.2, 0.25) is 0 Å². The van der Waals surface area contributed by atoms with Crippen LogP contribution in [0.1, 0.15) is 35.3 Å². The molecular weight excluding hydrogens is 428 g/mol. The van der Waals surface area contributed by atoms with Crippen molar-refractivity contribution in [2.75, 3.05) is 13.7 Å². The lowest BCUT2D eigenvalue weighted by molar-refractivity contribution is -0.139. The van der Waals surface area contributed by atoms with Gasteiger partial charge in [-0.1, -0.05) is 48.0 Å². The second kappa shape index (κ2) is 11.6. The Morgan fingerprint density at radius 3 is 2.42 bits per heavy atom. The summed E-state index contributed by atoms with van der Waals surface area (Å²) in [7, 11) is 1.19. The standard InChI is InChI=1S/C23H24ClF2NO4/c1-15(24)22(26)16(2)27(21(28)14-31-13-17-7-5-4-6-8-17)12-19-10-9-18(11-20(19)25)23(29)30-3/h4-11,16H,12-14H2,1-3H3/b22-15-/t16-/m0/s1. The van der Waals surface area contributed by atoms with E-state index in [4.69, 9.17) is 16.3 Å². The molecule has 0 aliphatic rings. The number of carbonyl (C=O) groups is 2. The molecule has 2 aromatic carbocycles. The van der Waals surface area contributed by atoms with Gasteiger partial charge in [0.25, 0.3) is 0 Å². The van der Waals surface area contributed by atoms with Crippen LogP contribution >= 0.6 is 11.6 Å². The molecule has 0 unspecified atom stereocenters. The summed E-state index contributed by atoms with van der Waals surface area (Å²) in [5.74, 6) is -2.64. The molecule has 166 valence electrons. The zero-order valence-electron chi connectivity index (χ0n) is 17.5. The Balaban J connectivity index is 2.19. The van der Waals surface area contributed by atoms with Crippen molar-refractivity contribution in [2.24, 2.45) is 0 Å². The van der Waals surface area contributed by atoms with Gasteiger partial charge in [-0.15, -0.1) is 0 Å². The van der Waals surface area contributed by atoms with Crippen molar-refractivity contribution in [1.29, 1.82) is 0 Å². The van der Waals surface area contributed by atoms with Crippen molar-refractivity contribution >= 4 is 23.5 Å². The zero-order chi connectivity index (χ0) is 23.0. The van der Waals surface area contributed by atoms with Crippen LogP contribution in [0.25, 0.3) is 0 Å². The molecule has 0 saturated heterocycles. The molecule has 0 heterocycles. The van der Waals surface area contributed by atoms with Gasteiger partial charge in [0.15, 0.2) is 0 Å². The summed E-state index contributed by atoms with van der Waals surface area (Å²) in [6.45, 7) is 2.46. The van der Waals surface area contributed by atoms with Crippen LogP contribution in [0.3, 0.4) is 0 Å². The van der Waals surface area contributed by atoms with Crippen molar-refractivity contribution in [3.05, 3.63) is 81.9 Å². The normalized spacial score (nSPS) is 12.7. The van der Waals surface area contributed by atoms with Gasteiger partial charge < -0.3 is 14.4 Å². The first kappa shape index (κ1) is 24.5. The van der Waals surface area contributed by atoms with E-state index in [1.807, 2.05) is 30.3 Å². The maximum Gasteiger partial charge on any atom is 0.337 e. The van der Waals surface area contributed by atoms with Crippen LogP contribution in [-0.2, 0) is 27.4 Å². The largest absolute Gasteiger partial charge is 0.465 e. The van der Waals surface area contributed by atoms with E-state index in [1.165, 1.54) is 33.1 Å². The Morgan fingerprint density at radius 1 is 1.16 bits per heavy atom. The van der Waals surface area contributed by atoms with Gasteiger partial charge in [-0.3, -0.25) is 4.79 Å². The van der Waals surface area contributed by atoms with E-state index in [0.717, 1.165) is 16.5 Å². The van der Waals surface area contributed by atoms with E-state index < -0.39 is 29.6 Å². The van der Waals surface area contributed by atoms with E-state index in [1.54, 1.807) is 0 Å². The number of amides is 1. The number of rotatable bonds is 9. The molecule has 0 saturated carbocycles. The molecule has 0 aliphatic carbocycles. The minimum absolute atomic E-state index is 0.0311. The highest BCUT2D eigenvalue weighted by Crippen LogP contribution is 2.22. The summed E-state index contributed by atoms with van der Waals surface area (Å²) in [5, 5.41) is -0.1000. The molecule has 2 aromatic rings. The second-order valence-electron chi connectivity index (χ2n) is 6.86. The minimum atomic E-state index is -1.04. The molecule has 1 amide bonds. The van der Waals surface area contributed by atoms with Crippen molar-refractivity contribution in [1.82, 2.24) is 4.90 Å². The number of nitrogens with zero attached hydrogens (tertiary/aromatic N) is 1. The third-order valence-corrected chi connectivity index (χ3v) is 4.82. The summed E-state index contributed by atoms with van der Waals surface area (Å²) in [4.78, 5) is 25.5. The van der Waals surface area contributed by atoms with Gasteiger partial charge in [-0.2, -0.15) is 0 Å². The fourth-order valence-electron chi connectivity index (χ4n) is 2.88. The highest BCUT2D eigenvalue weighted by Gasteiger charge is 2.26. The maximum atomic E-state index is 14.6. The van der Waals surface area contributed by atoms with Crippen molar-refractivity contribution in [3.8, 4) is 0 Å². The average Bonchev–Trinajstić information content (AvgIpc) is 2.77. The predicted molar refractivity (Wildman–Crippen MR) is 114 cm³/mol. The Labute approximate surface area is 185 Å². The van der Waals surface area contributed by atoms with E-state index in [9.17, 15) is 18.4 Å². The SMILES string of the molecule is COC(=O)c1ccc(CN(C(=O)COCc2ccccc2)[C@@H](C)/C(F)=C(\C)Cl)c(F)c1. The number of halogens is 3. The highest BCUT2D eigenvalue weighted by atomic mass is 35.5. The Morgan fingerprint density at radius 2 is 1.84 bits per heavy atom. The van der Waals surface area contributed by atoms with Crippen LogP contribution < -0.4 is 0 Å². The van der Waals surface area contributed by atoms with Gasteiger partial charge in [0.05, 0.1) is 25.3 Å². The van der Waals surface area contributed by atoms with Crippen LogP contribution in [0.4, 0.5) is 8.78 Å². The number of allylic oxidation sites excluding steroid dienone is 1. The lowest BCUT2D eigenvalue weighted by Gasteiger charge is -2.29. The van der Waals surface area contributed by atoms with E-state index in [2.05, 4.69) is 4.74 Å². The van der Waals surface area contributed by atoms with Crippen molar-refractivity contribution < 1.29 is 27.8 Å². The molecule has 0 radical (unpaired) electrons. The van der Waals surface area contributed by atoms with Crippen LogP contribution in [0.5, 0.6) is 0 Å². The van der Waals surface area contributed by atoms with Crippen molar-refractivity contribution in [3.63, 3.8) is 0 Å². The molecule has 8 heteroatoms. The summed E-state index contributed by atoms with van der Waals surface area (Å²) in [6, 6.07) is 12.0. The van der Waals surface area contributed by atoms with Gasteiger partial charge in [-0.25, -0.2) is 13.6 Å². The molecule has 0 fully saturated rings. The topological polar surface area (TPSA) is 55.8 Å². The Bertz CT molecular complexity index is 946. The predicted octanol–water partition coefficient (Wildman–Crippen LogP) is 4.99. The number of carbonyl (C=O) groups excluding carboxylic acids is 2. The lowest BCUT2D eigenvalue weighted by Crippen LogP contribution is -2.41. The molecule has 31 heavy (non-hydrogen) atoms. The van der Waals surface area contributed by atoms with Crippen LogP contribution in [-0.4, -0.2) is 36.5 Å². The fourth-order valence-corrected chi connectivity index (χ4v) is 3.04. The van der Waals surface area contributed by atoms with Gasteiger partial charge in [0, 0.05) is 17.1 Å². The number of benzene rings is 2. The highest BCUT2D eigenvalue weighted by molar-refractivity contribution is 6.29. The third-order valence-electron chi connectivity index (χ3n) is 4.64. The lowest BCUT2D eigenvalue weighted by atomic mass is 10.1. The molecule has 2 rings (SSSR count). The number of esters is 1. The van der Waals surface area contributed by atoms with Crippen LogP contribution in [0.15, 0.2) is 59.4 Å². The Hall–Kier alpha value is -2.77. The van der Waals surface area contributed by atoms with Gasteiger partial charge in [0.2, 0.25) is 5.91 Å². The first-order chi connectivity index (χ1) is 14.7. The van der Waals surface area contributed by atoms with Gasteiger partial charge in [-0.05, 0) is 31.5 Å². The minimum Gasteiger partial charge on any atom is -0.465 e. The number of hydrogen-bond acceptors (Lipinski definition) is 4. The fraction of sp³-hybridized carbons (Fsp3) is 0.304. The number of hydrogen-bond donors (Lipinski definition) is 0. The van der Waals surface area contributed by atoms with Gasteiger partial charge >= 0.3 is 5.97 Å². The Kier molecular flexibility index (Phi) is 9.15.